The van der Waals surface area contributed by atoms with Crippen LogP contribution in [0.1, 0.15) is 12.5 Å². The van der Waals surface area contributed by atoms with Gasteiger partial charge >= 0.3 is 0 Å². The Kier molecular flexibility index (Phi) is 5.91. The fourth-order valence-corrected chi connectivity index (χ4v) is 2.04. The van der Waals surface area contributed by atoms with Gasteiger partial charge in [0.15, 0.2) is 0 Å². The van der Waals surface area contributed by atoms with Gasteiger partial charge in [-0.15, -0.1) is 11.8 Å². The molecule has 1 aromatic rings. The van der Waals surface area contributed by atoms with Gasteiger partial charge in [-0.3, -0.25) is 4.79 Å². The fraction of sp³-hybridized carbons (Fsp3) is 0.417. The average Bonchev–Trinajstić information content (AvgIpc) is 2.31. The monoisotopic (exact) mass is 302 g/mol. The van der Waals surface area contributed by atoms with Gasteiger partial charge in [0, 0.05) is 16.9 Å². The highest BCUT2D eigenvalue weighted by atomic mass is 79.9. The number of Topliss-reactive ketones (excluding diaryl/α,β-unsaturated/α-hetero) is 1. The molecule has 0 atom stereocenters. The molecule has 0 aliphatic carbocycles. The number of carbonyl (C=O) groups is 1. The first-order chi connectivity index (χ1) is 7.71. The Bertz CT molecular complexity index is 366. The molecule has 0 saturated carbocycles. The summed E-state index contributed by atoms with van der Waals surface area (Å²) in [5.74, 6) is 0.980. The lowest BCUT2D eigenvalue weighted by atomic mass is 10.1. The van der Waals surface area contributed by atoms with Crippen LogP contribution in [-0.4, -0.2) is 24.0 Å². The summed E-state index contributed by atoms with van der Waals surface area (Å²) in [6.45, 7) is 2.56. The molecule has 0 unspecified atom stereocenters. The SMILES string of the molecule is CCOc1ccc(SC)cc1CC(=O)CBr. The van der Waals surface area contributed by atoms with E-state index in [1.165, 1.54) is 0 Å². The van der Waals surface area contributed by atoms with Crippen molar-refractivity contribution in [3.8, 4) is 5.75 Å². The molecule has 1 rings (SSSR count). The maximum absolute atomic E-state index is 11.4. The molecule has 0 heterocycles. The molecule has 0 aliphatic heterocycles. The minimum atomic E-state index is 0.166. The third-order valence-corrected chi connectivity index (χ3v) is 3.45. The molecule has 16 heavy (non-hydrogen) atoms. The van der Waals surface area contributed by atoms with Crippen LogP contribution < -0.4 is 4.74 Å². The second kappa shape index (κ2) is 6.97. The van der Waals surface area contributed by atoms with Gasteiger partial charge in [0.1, 0.15) is 11.5 Å². The second-order valence-corrected chi connectivity index (χ2v) is 4.70. The van der Waals surface area contributed by atoms with Gasteiger partial charge in [-0.25, -0.2) is 0 Å². The van der Waals surface area contributed by atoms with E-state index in [2.05, 4.69) is 15.9 Å². The minimum absolute atomic E-state index is 0.166. The molecular weight excluding hydrogens is 288 g/mol. The topological polar surface area (TPSA) is 26.3 Å². The van der Waals surface area contributed by atoms with Crippen LogP contribution in [0.3, 0.4) is 0 Å². The molecule has 0 saturated heterocycles. The first-order valence-electron chi connectivity index (χ1n) is 5.08. The predicted molar refractivity (Wildman–Crippen MR) is 71.9 cm³/mol. The summed E-state index contributed by atoms with van der Waals surface area (Å²) in [6.07, 6.45) is 2.45. The highest BCUT2D eigenvalue weighted by molar-refractivity contribution is 9.09. The summed E-state index contributed by atoms with van der Waals surface area (Å²) >= 11 is 4.84. The summed E-state index contributed by atoms with van der Waals surface area (Å²) in [5.41, 5.74) is 0.971. The summed E-state index contributed by atoms with van der Waals surface area (Å²) in [4.78, 5) is 12.6. The van der Waals surface area contributed by atoms with Crippen molar-refractivity contribution in [1.82, 2.24) is 0 Å². The van der Waals surface area contributed by atoms with E-state index in [0.717, 1.165) is 16.2 Å². The van der Waals surface area contributed by atoms with Gasteiger partial charge in [-0.1, -0.05) is 15.9 Å². The number of ketones is 1. The van der Waals surface area contributed by atoms with Crippen LogP contribution in [0, 0.1) is 0 Å². The van der Waals surface area contributed by atoms with E-state index in [-0.39, 0.29) is 5.78 Å². The molecule has 0 N–H and O–H groups in total. The number of hydrogen-bond donors (Lipinski definition) is 0. The Labute approximate surface area is 109 Å². The van der Waals surface area contributed by atoms with E-state index in [1.54, 1.807) is 11.8 Å². The summed E-state index contributed by atoms with van der Waals surface area (Å²) < 4.78 is 5.51. The van der Waals surface area contributed by atoms with Crippen molar-refractivity contribution in [3.63, 3.8) is 0 Å². The van der Waals surface area contributed by atoms with Gasteiger partial charge in [0.2, 0.25) is 0 Å². The first-order valence-corrected chi connectivity index (χ1v) is 7.43. The molecule has 0 amide bonds. The van der Waals surface area contributed by atoms with Crippen LogP contribution in [0.2, 0.25) is 0 Å². The fourth-order valence-electron chi connectivity index (χ4n) is 1.38. The van der Waals surface area contributed by atoms with E-state index in [9.17, 15) is 4.79 Å². The number of thioether (sulfide) groups is 1. The third kappa shape index (κ3) is 3.83. The number of carbonyl (C=O) groups excluding carboxylic acids is 1. The zero-order valence-corrected chi connectivity index (χ0v) is 11.9. The molecular formula is C12H15BrO2S. The molecule has 2 nitrogen and oxygen atoms in total. The number of ether oxygens (including phenoxy) is 1. The summed E-state index contributed by atoms with van der Waals surface area (Å²) in [6, 6.07) is 5.97. The number of benzene rings is 1. The lowest BCUT2D eigenvalue weighted by Gasteiger charge is -2.10. The normalized spacial score (nSPS) is 10.2. The van der Waals surface area contributed by atoms with E-state index < -0.39 is 0 Å². The van der Waals surface area contributed by atoms with E-state index >= 15 is 0 Å². The molecule has 0 aromatic heterocycles. The van der Waals surface area contributed by atoms with Crippen molar-refractivity contribution in [3.05, 3.63) is 23.8 Å². The Morgan fingerprint density at radius 2 is 2.25 bits per heavy atom. The van der Waals surface area contributed by atoms with Crippen LogP contribution >= 0.6 is 27.7 Å². The van der Waals surface area contributed by atoms with Crippen molar-refractivity contribution in [2.45, 2.75) is 18.2 Å². The predicted octanol–water partition coefficient (Wildman–Crippen LogP) is 3.31. The smallest absolute Gasteiger partial charge is 0.147 e. The Balaban J connectivity index is 2.95. The lowest BCUT2D eigenvalue weighted by Crippen LogP contribution is -2.06. The Morgan fingerprint density at radius 1 is 1.50 bits per heavy atom. The van der Waals surface area contributed by atoms with Crippen molar-refractivity contribution in [1.29, 1.82) is 0 Å². The van der Waals surface area contributed by atoms with Crippen LogP contribution in [0.5, 0.6) is 5.75 Å². The van der Waals surface area contributed by atoms with E-state index in [0.29, 0.717) is 18.4 Å². The molecule has 4 heteroatoms. The summed E-state index contributed by atoms with van der Waals surface area (Å²) in [5, 5.41) is 0.391. The van der Waals surface area contributed by atoms with E-state index in [4.69, 9.17) is 4.74 Å². The standard InChI is InChI=1S/C12H15BrO2S/c1-3-15-12-5-4-11(16-2)7-9(12)6-10(14)8-13/h4-5,7H,3,6,8H2,1-2H3. The molecule has 0 radical (unpaired) electrons. The lowest BCUT2D eigenvalue weighted by molar-refractivity contribution is -0.115. The van der Waals surface area contributed by atoms with Crippen LogP contribution in [0.25, 0.3) is 0 Å². The Morgan fingerprint density at radius 3 is 2.81 bits per heavy atom. The largest absolute Gasteiger partial charge is 0.494 e. The van der Waals surface area contributed by atoms with Crippen LogP contribution in [0.4, 0.5) is 0 Å². The summed E-state index contributed by atoms with van der Waals surface area (Å²) in [7, 11) is 0. The van der Waals surface area contributed by atoms with Gasteiger partial charge in [0.05, 0.1) is 11.9 Å². The molecule has 0 spiro atoms. The van der Waals surface area contributed by atoms with Crippen molar-refractivity contribution in [2.24, 2.45) is 0 Å². The van der Waals surface area contributed by atoms with Gasteiger partial charge in [-0.05, 0) is 31.4 Å². The van der Waals surface area contributed by atoms with Crippen molar-refractivity contribution < 1.29 is 9.53 Å². The maximum Gasteiger partial charge on any atom is 0.147 e. The number of alkyl halides is 1. The van der Waals surface area contributed by atoms with Crippen molar-refractivity contribution >= 4 is 33.5 Å². The maximum atomic E-state index is 11.4. The Hall–Kier alpha value is -0.480. The number of rotatable bonds is 6. The average molecular weight is 303 g/mol. The van der Waals surface area contributed by atoms with E-state index in [1.807, 2.05) is 31.4 Å². The molecule has 1 aromatic carbocycles. The second-order valence-electron chi connectivity index (χ2n) is 3.26. The zero-order chi connectivity index (χ0) is 12.0. The quantitative estimate of drug-likeness (QED) is 0.596. The number of hydrogen-bond acceptors (Lipinski definition) is 3. The van der Waals surface area contributed by atoms with Gasteiger partial charge in [0.25, 0.3) is 0 Å². The first kappa shape index (κ1) is 13.6. The highest BCUT2D eigenvalue weighted by Crippen LogP contribution is 2.25. The third-order valence-electron chi connectivity index (χ3n) is 2.10. The zero-order valence-electron chi connectivity index (χ0n) is 9.46. The van der Waals surface area contributed by atoms with Crippen LogP contribution in [-0.2, 0) is 11.2 Å². The number of halogens is 1. The minimum Gasteiger partial charge on any atom is -0.494 e. The molecule has 0 fully saturated rings. The molecule has 88 valence electrons. The molecule has 0 bridgehead atoms. The van der Waals surface area contributed by atoms with Gasteiger partial charge in [-0.2, -0.15) is 0 Å². The highest BCUT2D eigenvalue weighted by Gasteiger charge is 2.09. The molecule has 0 aliphatic rings. The van der Waals surface area contributed by atoms with Crippen LogP contribution in [0.15, 0.2) is 23.1 Å². The van der Waals surface area contributed by atoms with Gasteiger partial charge < -0.3 is 4.74 Å². The van der Waals surface area contributed by atoms with Crippen molar-refractivity contribution in [2.75, 3.05) is 18.2 Å².